The first kappa shape index (κ1) is 16.6. The summed E-state index contributed by atoms with van der Waals surface area (Å²) in [6, 6.07) is 8.86. The molecular formula is C16H21Cl2N3. The Morgan fingerprint density at radius 3 is 2.67 bits per heavy atom. The molecule has 0 unspecified atom stereocenters. The van der Waals surface area contributed by atoms with Gasteiger partial charge in [-0.05, 0) is 50.6 Å². The molecule has 1 atom stereocenters. The molecule has 5 heteroatoms. The summed E-state index contributed by atoms with van der Waals surface area (Å²) in [6.07, 6.45) is 2.82. The lowest BCUT2D eigenvalue weighted by atomic mass is 10.0. The zero-order valence-electron chi connectivity index (χ0n) is 12.3. The Balaban J connectivity index is 1.79. The van der Waals surface area contributed by atoms with E-state index in [0.29, 0.717) is 22.5 Å². The van der Waals surface area contributed by atoms with E-state index in [9.17, 15) is 0 Å². The van der Waals surface area contributed by atoms with Gasteiger partial charge in [-0.3, -0.25) is 4.90 Å². The van der Waals surface area contributed by atoms with Crippen molar-refractivity contribution in [2.45, 2.75) is 44.8 Å². The maximum absolute atomic E-state index is 8.70. The van der Waals surface area contributed by atoms with Crippen LogP contribution in [0.15, 0.2) is 18.2 Å². The molecule has 0 bridgehead atoms. The summed E-state index contributed by atoms with van der Waals surface area (Å²) >= 11 is 12.0. The molecule has 1 aliphatic heterocycles. The van der Waals surface area contributed by atoms with Crippen molar-refractivity contribution in [1.82, 2.24) is 10.2 Å². The summed E-state index contributed by atoms with van der Waals surface area (Å²) in [5, 5.41) is 13.5. The Bertz CT molecular complexity index is 505. The van der Waals surface area contributed by atoms with Crippen molar-refractivity contribution in [3.63, 3.8) is 0 Å². The van der Waals surface area contributed by atoms with E-state index in [1.807, 2.05) is 18.2 Å². The Labute approximate surface area is 136 Å². The number of nitrogens with one attached hydrogen (secondary N) is 1. The second-order valence-electron chi connectivity index (χ2n) is 5.73. The lowest BCUT2D eigenvalue weighted by Gasteiger charge is -2.33. The van der Waals surface area contributed by atoms with Crippen LogP contribution in [-0.4, -0.2) is 30.1 Å². The van der Waals surface area contributed by atoms with Crippen molar-refractivity contribution in [3.8, 4) is 6.07 Å². The van der Waals surface area contributed by atoms with Gasteiger partial charge in [0.25, 0.3) is 0 Å². The molecule has 0 radical (unpaired) electrons. The summed E-state index contributed by atoms with van der Waals surface area (Å²) in [6.45, 7) is 5.12. The zero-order chi connectivity index (χ0) is 15.2. The van der Waals surface area contributed by atoms with Crippen molar-refractivity contribution >= 4 is 23.2 Å². The highest BCUT2D eigenvalue weighted by Crippen LogP contribution is 2.24. The SMILES string of the molecule is C[C@H](CC#N)NC1CCN(Cc2ccc(Cl)c(Cl)c2)CC1. The standard InChI is InChI=1S/C16H21Cl2N3/c1-12(4-7-19)20-14-5-8-21(9-6-14)11-13-2-3-15(17)16(18)10-13/h2-3,10,12,14,20H,4-6,8-9,11H2,1H3/t12-/m1/s1. The molecule has 0 amide bonds. The first-order valence-electron chi connectivity index (χ1n) is 7.37. The van der Waals surface area contributed by atoms with Crippen LogP contribution in [0.1, 0.15) is 31.7 Å². The number of hydrogen-bond donors (Lipinski definition) is 1. The fourth-order valence-electron chi connectivity index (χ4n) is 2.75. The molecule has 3 nitrogen and oxygen atoms in total. The van der Waals surface area contributed by atoms with E-state index in [0.717, 1.165) is 32.5 Å². The third kappa shape index (κ3) is 5.16. The van der Waals surface area contributed by atoms with E-state index in [-0.39, 0.29) is 6.04 Å². The molecule has 1 heterocycles. The number of hydrogen-bond acceptors (Lipinski definition) is 3. The minimum Gasteiger partial charge on any atom is -0.310 e. The second-order valence-corrected chi connectivity index (χ2v) is 6.54. The second kappa shape index (κ2) is 8.00. The van der Waals surface area contributed by atoms with E-state index < -0.39 is 0 Å². The van der Waals surface area contributed by atoms with Crippen LogP contribution >= 0.6 is 23.2 Å². The first-order valence-corrected chi connectivity index (χ1v) is 8.13. The first-order chi connectivity index (χ1) is 10.1. The fraction of sp³-hybridized carbons (Fsp3) is 0.562. The van der Waals surface area contributed by atoms with Crippen molar-refractivity contribution in [1.29, 1.82) is 5.26 Å². The highest BCUT2D eigenvalue weighted by Gasteiger charge is 2.20. The van der Waals surface area contributed by atoms with Crippen molar-refractivity contribution in [2.24, 2.45) is 0 Å². The average molecular weight is 326 g/mol. The van der Waals surface area contributed by atoms with E-state index >= 15 is 0 Å². The highest BCUT2D eigenvalue weighted by atomic mass is 35.5. The largest absolute Gasteiger partial charge is 0.310 e. The molecule has 1 fully saturated rings. The van der Waals surface area contributed by atoms with Gasteiger partial charge in [0, 0.05) is 18.6 Å². The number of likely N-dealkylation sites (tertiary alicyclic amines) is 1. The van der Waals surface area contributed by atoms with Crippen molar-refractivity contribution < 1.29 is 0 Å². The number of benzene rings is 1. The molecule has 0 aliphatic carbocycles. The number of nitriles is 1. The van der Waals surface area contributed by atoms with Crippen LogP contribution in [0.3, 0.4) is 0 Å². The summed E-state index contributed by atoms with van der Waals surface area (Å²) in [5.74, 6) is 0. The number of piperidine rings is 1. The molecule has 1 saturated heterocycles. The Hall–Kier alpha value is -0.790. The van der Waals surface area contributed by atoms with Crippen LogP contribution in [0.25, 0.3) is 0 Å². The molecule has 114 valence electrons. The monoisotopic (exact) mass is 325 g/mol. The van der Waals surface area contributed by atoms with Crippen LogP contribution in [0, 0.1) is 11.3 Å². The summed E-state index contributed by atoms with van der Waals surface area (Å²) < 4.78 is 0. The normalized spacial score (nSPS) is 18.4. The van der Waals surface area contributed by atoms with E-state index in [1.165, 1.54) is 5.56 Å². The summed E-state index contributed by atoms with van der Waals surface area (Å²) in [5.41, 5.74) is 1.20. The van der Waals surface area contributed by atoms with E-state index in [4.69, 9.17) is 28.5 Å². The minimum absolute atomic E-state index is 0.279. The third-order valence-corrected chi connectivity index (χ3v) is 4.63. The maximum atomic E-state index is 8.70. The molecule has 1 aromatic rings. The van der Waals surface area contributed by atoms with Crippen LogP contribution in [-0.2, 0) is 6.54 Å². The smallest absolute Gasteiger partial charge is 0.0638 e. The summed E-state index contributed by atoms with van der Waals surface area (Å²) in [4.78, 5) is 2.44. The van der Waals surface area contributed by atoms with Gasteiger partial charge in [-0.25, -0.2) is 0 Å². The zero-order valence-corrected chi connectivity index (χ0v) is 13.8. The van der Waals surface area contributed by atoms with Gasteiger partial charge in [0.15, 0.2) is 0 Å². The lowest BCUT2D eigenvalue weighted by molar-refractivity contribution is 0.185. The average Bonchev–Trinajstić information content (AvgIpc) is 2.45. The lowest BCUT2D eigenvalue weighted by Crippen LogP contribution is -2.45. The van der Waals surface area contributed by atoms with Crippen LogP contribution in [0.5, 0.6) is 0 Å². The van der Waals surface area contributed by atoms with Gasteiger partial charge in [-0.2, -0.15) is 5.26 Å². The molecular weight excluding hydrogens is 305 g/mol. The van der Waals surface area contributed by atoms with Gasteiger partial charge < -0.3 is 5.32 Å². The van der Waals surface area contributed by atoms with Gasteiger partial charge in [0.1, 0.15) is 0 Å². The topological polar surface area (TPSA) is 39.1 Å². The van der Waals surface area contributed by atoms with Gasteiger partial charge in [-0.1, -0.05) is 29.3 Å². The molecule has 0 saturated carbocycles. The quantitative estimate of drug-likeness (QED) is 0.893. The Morgan fingerprint density at radius 1 is 1.33 bits per heavy atom. The van der Waals surface area contributed by atoms with Crippen LogP contribution in [0.4, 0.5) is 0 Å². The minimum atomic E-state index is 0.279. The molecule has 21 heavy (non-hydrogen) atoms. The number of nitrogens with zero attached hydrogens (tertiary/aromatic N) is 2. The molecule has 1 N–H and O–H groups in total. The van der Waals surface area contributed by atoms with Crippen molar-refractivity contribution in [2.75, 3.05) is 13.1 Å². The van der Waals surface area contributed by atoms with Crippen molar-refractivity contribution in [3.05, 3.63) is 33.8 Å². The van der Waals surface area contributed by atoms with Gasteiger partial charge in [0.05, 0.1) is 22.5 Å². The number of halogens is 2. The maximum Gasteiger partial charge on any atom is 0.0638 e. The van der Waals surface area contributed by atoms with Crippen LogP contribution in [0.2, 0.25) is 10.0 Å². The molecule has 1 aliphatic rings. The predicted octanol–water partition coefficient (Wildman–Crippen LogP) is 3.85. The molecule has 0 aromatic heterocycles. The van der Waals surface area contributed by atoms with Gasteiger partial charge in [-0.15, -0.1) is 0 Å². The molecule has 2 rings (SSSR count). The van der Waals surface area contributed by atoms with Gasteiger partial charge >= 0.3 is 0 Å². The Morgan fingerprint density at radius 2 is 2.05 bits per heavy atom. The molecule has 0 spiro atoms. The molecule has 1 aromatic carbocycles. The van der Waals surface area contributed by atoms with Gasteiger partial charge in [0.2, 0.25) is 0 Å². The highest BCUT2D eigenvalue weighted by molar-refractivity contribution is 6.42. The Kier molecular flexibility index (Phi) is 6.32. The van der Waals surface area contributed by atoms with E-state index in [2.05, 4.69) is 23.2 Å². The van der Waals surface area contributed by atoms with Crippen LogP contribution < -0.4 is 5.32 Å². The fourth-order valence-corrected chi connectivity index (χ4v) is 3.07. The predicted molar refractivity (Wildman–Crippen MR) is 87.6 cm³/mol. The summed E-state index contributed by atoms with van der Waals surface area (Å²) in [7, 11) is 0. The number of rotatable bonds is 5. The van der Waals surface area contributed by atoms with E-state index in [1.54, 1.807) is 0 Å². The third-order valence-electron chi connectivity index (χ3n) is 3.90.